The Morgan fingerprint density at radius 2 is 1.86 bits per heavy atom. The minimum absolute atomic E-state index is 0.0533. The van der Waals surface area contributed by atoms with Gasteiger partial charge in [-0.25, -0.2) is 4.79 Å². The van der Waals surface area contributed by atoms with E-state index in [-0.39, 0.29) is 23.9 Å². The molecule has 1 aromatic heterocycles. The predicted molar refractivity (Wildman–Crippen MR) is 100 cm³/mol. The Bertz CT molecular complexity index is 656. The number of nitrogens with one attached hydrogen (secondary N) is 1. The van der Waals surface area contributed by atoms with Crippen molar-refractivity contribution in [1.82, 2.24) is 19.6 Å². The molecule has 0 aromatic carbocycles. The molecule has 160 valence electrons. The maximum Gasteiger partial charge on any atom is 0.408 e. The molecule has 10 heteroatoms. The minimum atomic E-state index is -4.37. The highest BCUT2D eigenvalue weighted by Gasteiger charge is 2.37. The first-order chi connectivity index (χ1) is 12.9. The summed E-state index contributed by atoms with van der Waals surface area (Å²) in [7, 11) is 0. The van der Waals surface area contributed by atoms with Crippen molar-refractivity contribution in [2.45, 2.75) is 70.9 Å². The van der Waals surface area contributed by atoms with Gasteiger partial charge in [-0.2, -0.15) is 18.3 Å². The summed E-state index contributed by atoms with van der Waals surface area (Å²) in [4.78, 5) is 16.7. The number of hydrogen-bond donors (Lipinski definition) is 2. The molecule has 0 bridgehead atoms. The summed E-state index contributed by atoms with van der Waals surface area (Å²) in [5, 5.41) is 16.6. The number of piperazine rings is 1. The number of alkyl halides is 3. The zero-order valence-corrected chi connectivity index (χ0v) is 16.8. The first-order valence-electron chi connectivity index (χ1n) is 9.56. The number of halogens is 3. The molecule has 0 aliphatic carbocycles. The Kier molecular flexibility index (Phi) is 6.97. The number of rotatable bonds is 6. The average Bonchev–Trinajstić information content (AvgIpc) is 2.97. The third-order valence-corrected chi connectivity index (χ3v) is 4.82. The highest BCUT2D eigenvalue weighted by molar-refractivity contribution is 5.88. The highest BCUT2D eigenvalue weighted by Crippen LogP contribution is 2.23. The molecular weight excluding hydrogens is 375 g/mol. The molecule has 1 saturated heterocycles. The zero-order chi connectivity index (χ0) is 21.1. The molecular formula is C18H30F3N5O2. The first-order valence-corrected chi connectivity index (χ1v) is 9.56. The van der Waals surface area contributed by atoms with Gasteiger partial charge in [-0.3, -0.25) is 14.9 Å². The summed E-state index contributed by atoms with van der Waals surface area (Å²) in [6.07, 6.45) is -1.63. The minimum Gasteiger partial charge on any atom is -0.389 e. The van der Waals surface area contributed by atoms with Crippen molar-refractivity contribution in [3.8, 4) is 0 Å². The Hall–Kier alpha value is -1.81. The van der Waals surface area contributed by atoms with Crippen molar-refractivity contribution in [1.29, 1.82) is 0 Å². The van der Waals surface area contributed by atoms with Gasteiger partial charge in [0.25, 0.3) is 0 Å². The SMILES string of the molecule is CC[C@H]1CN(C(=O)Nc2ccn(CC(F)(F)F)n2)[C@H](CC)CN1CC(C)(C)O. The number of urea groups is 1. The van der Waals surface area contributed by atoms with Crippen LogP contribution in [-0.2, 0) is 6.54 Å². The molecule has 2 amide bonds. The number of carbonyl (C=O) groups is 1. The van der Waals surface area contributed by atoms with E-state index in [4.69, 9.17) is 0 Å². The van der Waals surface area contributed by atoms with Gasteiger partial charge in [0, 0.05) is 44.0 Å². The van der Waals surface area contributed by atoms with Crippen molar-refractivity contribution in [2.24, 2.45) is 0 Å². The molecule has 0 saturated carbocycles. The summed E-state index contributed by atoms with van der Waals surface area (Å²) in [5.74, 6) is 0.0936. The Balaban J connectivity index is 2.05. The fourth-order valence-electron chi connectivity index (χ4n) is 3.57. The lowest BCUT2D eigenvalue weighted by atomic mass is 10.00. The van der Waals surface area contributed by atoms with Crippen LogP contribution in [0.3, 0.4) is 0 Å². The first kappa shape index (κ1) is 22.5. The van der Waals surface area contributed by atoms with Gasteiger partial charge in [-0.1, -0.05) is 13.8 Å². The van der Waals surface area contributed by atoms with Crippen LogP contribution >= 0.6 is 0 Å². The van der Waals surface area contributed by atoms with Gasteiger partial charge in [0.15, 0.2) is 5.82 Å². The molecule has 1 fully saturated rings. The van der Waals surface area contributed by atoms with Crippen molar-refractivity contribution in [3.05, 3.63) is 12.3 Å². The molecule has 0 radical (unpaired) electrons. The van der Waals surface area contributed by atoms with Crippen molar-refractivity contribution in [3.63, 3.8) is 0 Å². The average molecular weight is 405 g/mol. The monoisotopic (exact) mass is 405 g/mol. The largest absolute Gasteiger partial charge is 0.408 e. The third-order valence-electron chi connectivity index (χ3n) is 4.82. The summed E-state index contributed by atoms with van der Waals surface area (Å²) in [6, 6.07) is 1.03. The standard InChI is InChI=1S/C18H30F3N5O2/c1-5-13-10-26(14(6-2)9-24(13)11-17(3,4)28)16(27)22-15-7-8-25(23-15)12-18(19,20)21/h7-8,13-14,28H,5-6,9-12H2,1-4H3,(H,22,23,27)/t13-,14+/m0/s1. The van der Waals surface area contributed by atoms with E-state index < -0.39 is 18.3 Å². The van der Waals surface area contributed by atoms with Crippen LogP contribution < -0.4 is 5.32 Å². The number of nitrogens with zero attached hydrogens (tertiary/aromatic N) is 4. The van der Waals surface area contributed by atoms with Crippen molar-refractivity contribution in [2.75, 3.05) is 25.0 Å². The second-order valence-corrected chi connectivity index (χ2v) is 7.96. The van der Waals surface area contributed by atoms with E-state index in [9.17, 15) is 23.1 Å². The molecule has 1 aliphatic heterocycles. The van der Waals surface area contributed by atoms with E-state index >= 15 is 0 Å². The zero-order valence-electron chi connectivity index (χ0n) is 16.8. The van der Waals surface area contributed by atoms with Crippen LogP contribution in [0.2, 0.25) is 0 Å². The van der Waals surface area contributed by atoms with Crippen molar-refractivity contribution < 1.29 is 23.1 Å². The predicted octanol–water partition coefficient (Wildman–Crippen LogP) is 2.92. The van der Waals surface area contributed by atoms with Crippen LogP contribution in [-0.4, -0.2) is 74.2 Å². The van der Waals surface area contributed by atoms with Crippen LogP contribution in [0.4, 0.5) is 23.8 Å². The van der Waals surface area contributed by atoms with Crippen LogP contribution in [0.5, 0.6) is 0 Å². The molecule has 2 rings (SSSR count). The van der Waals surface area contributed by atoms with E-state index in [0.29, 0.717) is 19.6 Å². The Morgan fingerprint density at radius 1 is 1.21 bits per heavy atom. The lowest BCUT2D eigenvalue weighted by molar-refractivity contribution is -0.142. The molecule has 2 atom stereocenters. The number of β-amino-alcohol motifs (C(OH)–C–C–N with tert-alkyl or cyclic N) is 1. The lowest BCUT2D eigenvalue weighted by Crippen LogP contribution is -2.62. The van der Waals surface area contributed by atoms with E-state index in [2.05, 4.69) is 15.3 Å². The molecule has 2 N–H and O–H groups in total. The van der Waals surface area contributed by atoms with E-state index in [0.717, 1.165) is 17.5 Å². The van der Waals surface area contributed by atoms with E-state index in [1.807, 2.05) is 13.8 Å². The second-order valence-electron chi connectivity index (χ2n) is 7.96. The highest BCUT2D eigenvalue weighted by atomic mass is 19.4. The molecule has 2 heterocycles. The number of carbonyl (C=O) groups excluding carboxylic acids is 1. The van der Waals surface area contributed by atoms with Gasteiger partial charge in [0.1, 0.15) is 6.54 Å². The maximum atomic E-state index is 12.8. The van der Waals surface area contributed by atoms with Gasteiger partial charge in [-0.15, -0.1) is 0 Å². The number of anilines is 1. The van der Waals surface area contributed by atoms with Crippen LogP contribution in [0.1, 0.15) is 40.5 Å². The number of amides is 2. The fraction of sp³-hybridized carbons (Fsp3) is 0.778. The third kappa shape index (κ3) is 6.37. The van der Waals surface area contributed by atoms with Gasteiger partial charge >= 0.3 is 12.2 Å². The summed E-state index contributed by atoms with van der Waals surface area (Å²) < 4.78 is 38.1. The van der Waals surface area contributed by atoms with E-state index in [1.54, 1.807) is 18.7 Å². The maximum absolute atomic E-state index is 12.8. The van der Waals surface area contributed by atoms with Crippen LogP contribution in [0.15, 0.2) is 12.3 Å². The molecule has 0 spiro atoms. The topological polar surface area (TPSA) is 73.6 Å². The van der Waals surface area contributed by atoms with Gasteiger partial charge < -0.3 is 10.0 Å². The summed E-state index contributed by atoms with van der Waals surface area (Å²) in [5.41, 5.74) is -0.832. The molecule has 1 aliphatic rings. The fourth-order valence-corrected chi connectivity index (χ4v) is 3.57. The molecule has 1 aromatic rings. The van der Waals surface area contributed by atoms with E-state index in [1.165, 1.54) is 12.3 Å². The lowest BCUT2D eigenvalue weighted by Gasteiger charge is -2.47. The Labute approximate surface area is 163 Å². The smallest absolute Gasteiger partial charge is 0.389 e. The van der Waals surface area contributed by atoms with Gasteiger partial charge in [0.2, 0.25) is 0 Å². The molecule has 28 heavy (non-hydrogen) atoms. The molecule has 7 nitrogen and oxygen atoms in total. The quantitative estimate of drug-likeness (QED) is 0.763. The number of aromatic nitrogens is 2. The van der Waals surface area contributed by atoms with Crippen LogP contribution in [0.25, 0.3) is 0 Å². The summed E-state index contributed by atoms with van der Waals surface area (Å²) in [6.45, 7) is 7.97. The number of hydrogen-bond acceptors (Lipinski definition) is 4. The van der Waals surface area contributed by atoms with Gasteiger partial charge in [-0.05, 0) is 26.7 Å². The normalized spacial score (nSPS) is 21.8. The van der Waals surface area contributed by atoms with Crippen LogP contribution in [0, 0.1) is 0 Å². The summed E-state index contributed by atoms with van der Waals surface area (Å²) >= 11 is 0. The van der Waals surface area contributed by atoms with Gasteiger partial charge in [0.05, 0.1) is 5.60 Å². The Morgan fingerprint density at radius 3 is 2.39 bits per heavy atom. The second kappa shape index (κ2) is 8.69. The number of aliphatic hydroxyl groups is 1. The molecule has 0 unspecified atom stereocenters. The van der Waals surface area contributed by atoms with Crippen molar-refractivity contribution >= 4 is 11.8 Å².